The van der Waals surface area contributed by atoms with Crippen LogP contribution in [0.2, 0.25) is 5.02 Å². The van der Waals surface area contributed by atoms with Crippen molar-refractivity contribution >= 4 is 46.1 Å². The van der Waals surface area contributed by atoms with Crippen LogP contribution in [0.1, 0.15) is 32.0 Å². The number of hydrogen-bond acceptors (Lipinski definition) is 6. The summed E-state index contributed by atoms with van der Waals surface area (Å²) in [6, 6.07) is 12.1. The monoisotopic (exact) mass is 534 g/mol. The molecule has 2 aromatic heterocycles. The zero-order valence-corrected chi connectivity index (χ0v) is 21.3. The summed E-state index contributed by atoms with van der Waals surface area (Å²) in [4.78, 5) is 35.5. The number of carbonyl (C=O) groups excluding carboxylic acids is 2. The topological polar surface area (TPSA) is 108 Å². The molecule has 4 heterocycles. The Labute approximate surface area is 230 Å². The van der Waals surface area contributed by atoms with Gasteiger partial charge in [-0.15, -0.1) is 0 Å². The van der Waals surface area contributed by atoms with Crippen LogP contribution >= 0.6 is 11.6 Å². The molecule has 192 valence electrons. The lowest BCUT2D eigenvalue weighted by atomic mass is 9.90. The van der Waals surface area contributed by atoms with E-state index in [0.717, 1.165) is 5.57 Å². The summed E-state index contributed by atoms with van der Waals surface area (Å²) in [6.45, 7) is 0. The lowest BCUT2D eigenvalue weighted by Crippen LogP contribution is -2.20. The molecule has 0 atom stereocenters. The van der Waals surface area contributed by atoms with E-state index in [2.05, 4.69) is 31.2 Å². The van der Waals surface area contributed by atoms with E-state index in [0.29, 0.717) is 38.8 Å². The molecule has 0 radical (unpaired) electrons. The van der Waals surface area contributed by atoms with Crippen LogP contribution in [0.25, 0.3) is 11.1 Å². The highest BCUT2D eigenvalue weighted by Crippen LogP contribution is 2.36. The second-order valence-electron chi connectivity index (χ2n) is 8.37. The minimum absolute atomic E-state index is 0.154. The number of allylic oxidation sites excluding steroid dienone is 8. The van der Waals surface area contributed by atoms with Crippen molar-refractivity contribution in [2.75, 3.05) is 10.6 Å². The normalized spacial score (nSPS) is 13.8. The maximum Gasteiger partial charge on any atom is 0.276 e. The fourth-order valence-corrected chi connectivity index (χ4v) is 4.13. The molecule has 2 amide bonds. The molecule has 0 saturated carbocycles. The maximum absolute atomic E-state index is 13.6. The van der Waals surface area contributed by atoms with Crippen LogP contribution in [0, 0.1) is 0 Å². The molecule has 0 spiro atoms. The van der Waals surface area contributed by atoms with Gasteiger partial charge < -0.3 is 21.3 Å². The molecule has 5 rings (SSSR count). The second kappa shape index (κ2) is 11.9. The molecule has 0 bridgehead atoms. The zero-order valence-electron chi connectivity index (χ0n) is 20.6. The average molecular weight is 535 g/mol. The predicted octanol–water partition coefficient (Wildman–Crippen LogP) is 5.66. The van der Waals surface area contributed by atoms with Gasteiger partial charge in [0.15, 0.2) is 0 Å². The summed E-state index contributed by atoms with van der Waals surface area (Å²) >= 11 is 5.96. The average Bonchev–Trinajstić information content (AvgIpc) is 3.40. The molecule has 0 aliphatic carbocycles. The van der Waals surface area contributed by atoms with Crippen molar-refractivity contribution < 1.29 is 9.59 Å². The van der Waals surface area contributed by atoms with Crippen LogP contribution in [0.3, 0.4) is 0 Å². The van der Waals surface area contributed by atoms with Gasteiger partial charge in [-0.05, 0) is 59.7 Å². The van der Waals surface area contributed by atoms with Gasteiger partial charge >= 0.3 is 0 Å². The number of rotatable bonds is 6. The summed E-state index contributed by atoms with van der Waals surface area (Å²) in [5.41, 5.74) is 3.71. The molecule has 0 fully saturated rings. The van der Waals surface area contributed by atoms with Crippen LogP contribution in [-0.4, -0.2) is 21.8 Å². The second-order valence-corrected chi connectivity index (χ2v) is 8.81. The first-order valence-electron chi connectivity index (χ1n) is 12.0. The van der Waals surface area contributed by atoms with Crippen LogP contribution in [-0.2, 0) is 0 Å². The third kappa shape index (κ3) is 6.03. The highest BCUT2D eigenvalue weighted by molar-refractivity contribution is 6.30. The van der Waals surface area contributed by atoms with E-state index >= 15 is 0 Å². The third-order valence-electron chi connectivity index (χ3n) is 5.78. The summed E-state index contributed by atoms with van der Waals surface area (Å²) in [5.74, 6) is -0.442. The van der Waals surface area contributed by atoms with Crippen molar-refractivity contribution in [3.63, 3.8) is 0 Å². The van der Waals surface area contributed by atoms with Gasteiger partial charge in [0.05, 0.1) is 16.9 Å². The first kappa shape index (κ1) is 25.4. The van der Waals surface area contributed by atoms with E-state index in [9.17, 15) is 9.59 Å². The van der Waals surface area contributed by atoms with Gasteiger partial charge in [-0.1, -0.05) is 42.0 Å². The number of nitrogens with one attached hydrogen (secondary N) is 4. The molecular formula is C30H23ClN6O2. The Morgan fingerprint density at radius 2 is 1.41 bits per heavy atom. The minimum Gasteiger partial charge on any atom is -0.368 e. The number of hydrogen-bond donors (Lipinski definition) is 4. The largest absolute Gasteiger partial charge is 0.368 e. The van der Waals surface area contributed by atoms with E-state index in [4.69, 9.17) is 11.6 Å². The quantitative estimate of drug-likeness (QED) is 0.325. The highest BCUT2D eigenvalue weighted by Gasteiger charge is 2.25. The molecule has 9 heteroatoms. The van der Waals surface area contributed by atoms with Crippen LogP contribution in [0.5, 0.6) is 0 Å². The summed E-state index contributed by atoms with van der Waals surface area (Å²) in [6.07, 6.45) is 21.2. The first-order chi connectivity index (χ1) is 19.1. The van der Waals surface area contributed by atoms with Gasteiger partial charge in [0.1, 0.15) is 11.5 Å². The Hall–Kier alpha value is -5.21. The van der Waals surface area contributed by atoms with E-state index in [-0.39, 0.29) is 11.6 Å². The summed E-state index contributed by atoms with van der Waals surface area (Å²) < 4.78 is 0. The molecule has 0 unspecified atom stereocenters. The van der Waals surface area contributed by atoms with Gasteiger partial charge in [0, 0.05) is 47.7 Å². The first-order valence-corrected chi connectivity index (χ1v) is 12.4. The van der Waals surface area contributed by atoms with E-state index in [1.54, 1.807) is 61.2 Å². The van der Waals surface area contributed by atoms with Crippen LogP contribution < -0.4 is 21.3 Å². The van der Waals surface area contributed by atoms with Crippen molar-refractivity contribution in [3.05, 3.63) is 144 Å². The lowest BCUT2D eigenvalue weighted by Gasteiger charge is -2.20. The van der Waals surface area contributed by atoms with E-state index in [1.807, 2.05) is 42.5 Å². The van der Waals surface area contributed by atoms with Gasteiger partial charge in [0.2, 0.25) is 0 Å². The van der Waals surface area contributed by atoms with Crippen molar-refractivity contribution in [1.82, 2.24) is 20.6 Å². The highest BCUT2D eigenvalue weighted by atomic mass is 35.5. The fraction of sp³-hybridized carbons (Fsp3) is 0. The molecular weight excluding hydrogens is 512 g/mol. The van der Waals surface area contributed by atoms with Gasteiger partial charge in [-0.25, -0.2) is 9.97 Å². The molecule has 4 N–H and O–H groups in total. The van der Waals surface area contributed by atoms with Gasteiger partial charge in [-0.2, -0.15) is 0 Å². The van der Waals surface area contributed by atoms with Crippen molar-refractivity contribution in [2.24, 2.45) is 0 Å². The number of carbonyl (C=O) groups is 2. The Morgan fingerprint density at radius 1 is 0.718 bits per heavy atom. The fourth-order valence-electron chi connectivity index (χ4n) is 4.01. The number of aromatic nitrogens is 2. The van der Waals surface area contributed by atoms with Crippen molar-refractivity contribution in [2.45, 2.75) is 0 Å². The number of pyridine rings is 2. The smallest absolute Gasteiger partial charge is 0.276 e. The summed E-state index contributed by atoms with van der Waals surface area (Å²) in [7, 11) is 0. The Kier molecular flexibility index (Phi) is 7.76. The van der Waals surface area contributed by atoms with Gasteiger partial charge in [0.25, 0.3) is 11.8 Å². The molecule has 2 aliphatic rings. The Morgan fingerprint density at radius 3 is 2.08 bits per heavy atom. The Bertz CT molecular complexity index is 1590. The van der Waals surface area contributed by atoms with Crippen LogP contribution in [0.4, 0.5) is 11.5 Å². The molecule has 1 aromatic carbocycles. The minimum atomic E-state index is -0.468. The van der Waals surface area contributed by atoms with E-state index in [1.165, 1.54) is 12.4 Å². The molecule has 8 nitrogen and oxygen atoms in total. The number of benzene rings is 1. The third-order valence-corrected chi connectivity index (χ3v) is 6.00. The number of halogens is 1. The molecule has 2 aliphatic heterocycles. The van der Waals surface area contributed by atoms with Crippen molar-refractivity contribution in [3.8, 4) is 0 Å². The SMILES string of the molecule is O=C(Nc1cnc(C(=O)Nc2ccc(Cl)cn2)c(C2=CC=CNC=C2)c1C1=CC=CNC=C1)c1ccccc1. The molecule has 3 aromatic rings. The molecule has 0 saturated heterocycles. The standard InChI is InChI=1S/C30H23ClN6O2/c31-23-10-11-25(34-18-23)37-30(39)28-27(21-9-5-15-33-17-13-21)26(20-8-4-14-32-16-12-20)24(19-35-28)36-29(38)22-6-2-1-3-7-22/h1-19,32-33H,(H,36,38)(H,34,37,39). The van der Waals surface area contributed by atoms with Gasteiger partial charge in [-0.3, -0.25) is 9.59 Å². The lowest BCUT2D eigenvalue weighted by molar-refractivity contribution is 0.101. The van der Waals surface area contributed by atoms with Crippen molar-refractivity contribution in [1.29, 1.82) is 0 Å². The predicted molar refractivity (Wildman–Crippen MR) is 155 cm³/mol. The number of anilines is 2. The maximum atomic E-state index is 13.6. The number of nitrogens with zero attached hydrogens (tertiary/aromatic N) is 2. The zero-order chi connectivity index (χ0) is 27.0. The molecule has 39 heavy (non-hydrogen) atoms. The van der Waals surface area contributed by atoms with Crippen LogP contribution in [0.15, 0.2) is 116 Å². The number of amides is 2. The summed E-state index contributed by atoms with van der Waals surface area (Å²) in [5, 5.41) is 12.3. The Balaban J connectivity index is 1.69. The van der Waals surface area contributed by atoms with E-state index < -0.39 is 5.91 Å².